The van der Waals surface area contributed by atoms with Crippen molar-refractivity contribution in [1.82, 2.24) is 25.1 Å². The lowest BCUT2D eigenvalue weighted by atomic mass is 10.2. The van der Waals surface area contributed by atoms with E-state index >= 15 is 0 Å². The molecule has 30 heavy (non-hydrogen) atoms. The summed E-state index contributed by atoms with van der Waals surface area (Å²) in [5, 5.41) is 8.06. The van der Waals surface area contributed by atoms with Gasteiger partial charge in [-0.2, -0.15) is 5.10 Å². The van der Waals surface area contributed by atoms with Crippen LogP contribution in [0.5, 0.6) is 0 Å². The van der Waals surface area contributed by atoms with Crippen molar-refractivity contribution in [3.8, 4) is 21.8 Å². The summed E-state index contributed by atoms with van der Waals surface area (Å²) >= 11 is 1.36. The van der Waals surface area contributed by atoms with Gasteiger partial charge >= 0.3 is 0 Å². The van der Waals surface area contributed by atoms with Gasteiger partial charge in [0.2, 0.25) is 0 Å². The van der Waals surface area contributed by atoms with E-state index in [1.807, 2.05) is 49.4 Å². The molecule has 1 amide bonds. The first-order valence-corrected chi connectivity index (χ1v) is 10.2. The molecule has 4 aromatic rings. The predicted molar refractivity (Wildman–Crippen MR) is 116 cm³/mol. The summed E-state index contributed by atoms with van der Waals surface area (Å²) < 4.78 is 1.35. The Hall–Kier alpha value is -3.65. The Morgan fingerprint density at radius 1 is 1.03 bits per heavy atom. The van der Waals surface area contributed by atoms with Crippen molar-refractivity contribution in [2.45, 2.75) is 13.5 Å². The van der Waals surface area contributed by atoms with Gasteiger partial charge in [0.25, 0.3) is 11.5 Å². The van der Waals surface area contributed by atoms with E-state index in [1.54, 1.807) is 18.5 Å². The van der Waals surface area contributed by atoms with E-state index in [-0.39, 0.29) is 24.6 Å². The van der Waals surface area contributed by atoms with Crippen LogP contribution in [0.2, 0.25) is 0 Å². The monoisotopic (exact) mass is 417 g/mol. The molecule has 0 saturated heterocycles. The number of amides is 1. The minimum atomic E-state index is -0.220. The normalized spacial score (nSPS) is 10.7. The summed E-state index contributed by atoms with van der Waals surface area (Å²) in [5.41, 5.74) is 2.99. The zero-order valence-electron chi connectivity index (χ0n) is 16.3. The van der Waals surface area contributed by atoms with Crippen LogP contribution >= 0.6 is 11.3 Å². The molecule has 0 spiro atoms. The maximum atomic E-state index is 12.6. The Bertz CT molecular complexity index is 1220. The first-order chi connectivity index (χ1) is 14.6. The summed E-state index contributed by atoms with van der Waals surface area (Å²) in [5.74, 6) is -0.203. The molecule has 3 heterocycles. The van der Waals surface area contributed by atoms with Gasteiger partial charge in [-0.15, -0.1) is 11.3 Å². The largest absolute Gasteiger partial charge is 0.349 e. The Kier molecular flexibility index (Phi) is 5.76. The molecule has 1 aromatic carbocycles. The average molecular weight is 417 g/mol. The number of benzene rings is 1. The number of aromatic nitrogens is 4. The van der Waals surface area contributed by atoms with E-state index in [2.05, 4.69) is 20.4 Å². The molecule has 7 nitrogen and oxygen atoms in total. The van der Waals surface area contributed by atoms with Crippen LogP contribution in [-0.4, -0.2) is 32.2 Å². The molecule has 0 bridgehead atoms. The first-order valence-electron chi connectivity index (χ1n) is 9.41. The van der Waals surface area contributed by atoms with E-state index in [4.69, 9.17) is 0 Å². The van der Waals surface area contributed by atoms with E-state index in [9.17, 15) is 9.59 Å². The number of aryl methyl sites for hydroxylation is 1. The van der Waals surface area contributed by atoms with Gasteiger partial charge in [-0.1, -0.05) is 30.3 Å². The van der Waals surface area contributed by atoms with Gasteiger partial charge in [0.1, 0.15) is 9.88 Å². The van der Waals surface area contributed by atoms with E-state index in [0.29, 0.717) is 16.3 Å². The summed E-state index contributed by atoms with van der Waals surface area (Å²) in [7, 11) is 0. The summed E-state index contributed by atoms with van der Waals surface area (Å²) in [4.78, 5) is 33.8. The molecule has 0 saturated carbocycles. The maximum absolute atomic E-state index is 12.6. The molecule has 0 radical (unpaired) electrons. The highest BCUT2D eigenvalue weighted by molar-refractivity contribution is 7.17. The molecule has 0 fully saturated rings. The standard InChI is InChI=1S/C22H19N5O2S/c1-15-20(30-22(25-15)17-5-3-2-4-6-17)21(29)24-13-14-27-19(28)8-7-18(26-27)16-9-11-23-12-10-16/h2-12H,13-14H2,1H3,(H,24,29). The van der Waals surface area contributed by atoms with Crippen LogP contribution in [0.15, 0.2) is 71.8 Å². The van der Waals surface area contributed by atoms with Gasteiger partial charge in [0.15, 0.2) is 0 Å². The number of rotatable bonds is 6. The molecule has 0 aliphatic heterocycles. The zero-order chi connectivity index (χ0) is 20.9. The quantitative estimate of drug-likeness (QED) is 0.520. The minimum Gasteiger partial charge on any atom is -0.349 e. The average Bonchev–Trinajstić information content (AvgIpc) is 3.18. The van der Waals surface area contributed by atoms with Crippen molar-refractivity contribution in [3.05, 3.63) is 87.9 Å². The number of carbonyl (C=O) groups excluding carboxylic acids is 1. The lowest BCUT2D eigenvalue weighted by Crippen LogP contribution is -2.31. The maximum Gasteiger partial charge on any atom is 0.266 e. The third kappa shape index (κ3) is 4.33. The number of thiazole rings is 1. The third-order valence-corrected chi connectivity index (χ3v) is 5.68. The topological polar surface area (TPSA) is 89.8 Å². The second-order valence-electron chi connectivity index (χ2n) is 6.57. The van der Waals surface area contributed by atoms with Gasteiger partial charge in [-0.25, -0.2) is 9.67 Å². The predicted octanol–water partition coefficient (Wildman–Crippen LogP) is 3.17. The lowest BCUT2D eigenvalue weighted by Gasteiger charge is -2.08. The number of pyridine rings is 1. The van der Waals surface area contributed by atoms with E-state index in [0.717, 1.165) is 16.1 Å². The number of nitrogens with one attached hydrogen (secondary N) is 1. The van der Waals surface area contributed by atoms with Crippen LogP contribution in [0.3, 0.4) is 0 Å². The summed E-state index contributed by atoms with van der Waals surface area (Å²) in [6, 6.07) is 16.6. The van der Waals surface area contributed by atoms with Gasteiger partial charge in [0.05, 0.1) is 17.9 Å². The van der Waals surface area contributed by atoms with Crippen molar-refractivity contribution in [1.29, 1.82) is 0 Å². The highest BCUT2D eigenvalue weighted by atomic mass is 32.1. The van der Waals surface area contributed by atoms with Crippen LogP contribution < -0.4 is 10.9 Å². The van der Waals surface area contributed by atoms with Crippen molar-refractivity contribution < 1.29 is 4.79 Å². The van der Waals surface area contributed by atoms with Crippen molar-refractivity contribution in [2.24, 2.45) is 0 Å². The number of hydrogen-bond donors (Lipinski definition) is 1. The molecular weight excluding hydrogens is 398 g/mol. The van der Waals surface area contributed by atoms with Gasteiger partial charge in [0, 0.05) is 36.1 Å². The van der Waals surface area contributed by atoms with Crippen molar-refractivity contribution in [3.63, 3.8) is 0 Å². The molecule has 0 atom stereocenters. The van der Waals surface area contributed by atoms with Gasteiger partial charge in [-0.05, 0) is 25.1 Å². The highest BCUT2D eigenvalue weighted by Crippen LogP contribution is 2.27. The Balaban J connectivity index is 1.43. The number of carbonyl (C=O) groups is 1. The number of nitrogens with zero attached hydrogens (tertiary/aromatic N) is 4. The Morgan fingerprint density at radius 2 is 1.80 bits per heavy atom. The minimum absolute atomic E-state index is 0.203. The lowest BCUT2D eigenvalue weighted by molar-refractivity contribution is 0.0955. The van der Waals surface area contributed by atoms with Crippen LogP contribution in [0, 0.1) is 6.92 Å². The molecule has 0 unspecified atom stereocenters. The molecule has 0 aliphatic rings. The Labute approximate surface area is 177 Å². The fourth-order valence-corrected chi connectivity index (χ4v) is 3.94. The van der Waals surface area contributed by atoms with Crippen LogP contribution in [0.4, 0.5) is 0 Å². The summed E-state index contributed by atoms with van der Waals surface area (Å²) in [6.07, 6.45) is 3.35. The fourth-order valence-electron chi connectivity index (χ4n) is 2.95. The van der Waals surface area contributed by atoms with E-state index < -0.39 is 0 Å². The van der Waals surface area contributed by atoms with Crippen molar-refractivity contribution >= 4 is 17.2 Å². The smallest absolute Gasteiger partial charge is 0.266 e. The second kappa shape index (κ2) is 8.79. The van der Waals surface area contributed by atoms with E-state index in [1.165, 1.54) is 22.1 Å². The molecule has 1 N–H and O–H groups in total. The second-order valence-corrected chi connectivity index (χ2v) is 7.57. The van der Waals surface area contributed by atoms with Gasteiger partial charge in [-0.3, -0.25) is 14.6 Å². The highest BCUT2D eigenvalue weighted by Gasteiger charge is 2.16. The molecule has 0 aliphatic carbocycles. The first kappa shape index (κ1) is 19.7. The molecular formula is C22H19N5O2S. The zero-order valence-corrected chi connectivity index (χ0v) is 17.1. The van der Waals surface area contributed by atoms with Crippen molar-refractivity contribution in [2.75, 3.05) is 6.54 Å². The summed E-state index contributed by atoms with van der Waals surface area (Å²) in [6.45, 7) is 2.37. The molecule has 150 valence electrons. The Morgan fingerprint density at radius 3 is 2.57 bits per heavy atom. The van der Waals surface area contributed by atoms with Crippen LogP contribution in [-0.2, 0) is 6.54 Å². The van der Waals surface area contributed by atoms with Crippen LogP contribution in [0.1, 0.15) is 15.4 Å². The number of hydrogen-bond acceptors (Lipinski definition) is 6. The third-order valence-electron chi connectivity index (χ3n) is 4.48. The fraction of sp³-hybridized carbons (Fsp3) is 0.136. The van der Waals surface area contributed by atoms with Gasteiger partial charge < -0.3 is 5.32 Å². The van der Waals surface area contributed by atoms with Crippen LogP contribution in [0.25, 0.3) is 21.8 Å². The SMILES string of the molecule is Cc1nc(-c2ccccc2)sc1C(=O)NCCn1nc(-c2ccncc2)ccc1=O. The molecule has 3 aromatic heterocycles. The molecule has 4 rings (SSSR count). The molecule has 8 heteroatoms.